The second-order valence-electron chi connectivity index (χ2n) is 11.0. The summed E-state index contributed by atoms with van der Waals surface area (Å²) in [5.74, 6) is -2.41. The number of carbonyl (C=O) groups is 1. The van der Waals surface area contributed by atoms with Crippen molar-refractivity contribution in [3.63, 3.8) is 0 Å². The van der Waals surface area contributed by atoms with Crippen LogP contribution in [0, 0.1) is 17.6 Å². The minimum atomic E-state index is -3.55. The largest absolute Gasteiger partial charge is 0.341 e. The van der Waals surface area contributed by atoms with Crippen molar-refractivity contribution in [2.24, 2.45) is 5.92 Å². The van der Waals surface area contributed by atoms with Crippen LogP contribution < -0.4 is 0 Å². The molecule has 0 radical (unpaired) electrons. The SMILES string of the molecule is CC(C)(C)N1C[C@@H](C(=O)N2CCC(c3ccc(Cl)cc3)N(S(C)(=O)=O)CC2)[C@H](c2ccc(F)cc2F)C1. The molecule has 4 rings (SSSR count). The smallest absolute Gasteiger partial charge is 0.227 e. The van der Waals surface area contributed by atoms with Gasteiger partial charge in [-0.05, 0) is 56.5 Å². The quantitative estimate of drug-likeness (QED) is 0.552. The number of halogens is 3. The highest BCUT2D eigenvalue weighted by molar-refractivity contribution is 7.88. The number of nitrogens with zero attached hydrogens (tertiary/aromatic N) is 3. The fourth-order valence-corrected chi connectivity index (χ4v) is 6.73. The molecule has 2 fully saturated rings. The Balaban J connectivity index is 1.62. The van der Waals surface area contributed by atoms with E-state index in [1.807, 2.05) is 32.9 Å². The van der Waals surface area contributed by atoms with Gasteiger partial charge in [0.2, 0.25) is 15.9 Å². The van der Waals surface area contributed by atoms with Crippen LogP contribution in [0.1, 0.15) is 50.3 Å². The molecule has 202 valence electrons. The van der Waals surface area contributed by atoms with E-state index < -0.39 is 39.5 Å². The van der Waals surface area contributed by atoms with Crippen LogP contribution in [0.3, 0.4) is 0 Å². The van der Waals surface area contributed by atoms with E-state index in [4.69, 9.17) is 11.6 Å². The van der Waals surface area contributed by atoms with E-state index in [2.05, 4.69) is 4.90 Å². The van der Waals surface area contributed by atoms with Gasteiger partial charge >= 0.3 is 0 Å². The monoisotopic (exact) mass is 553 g/mol. The van der Waals surface area contributed by atoms with Crippen LogP contribution in [0.5, 0.6) is 0 Å². The van der Waals surface area contributed by atoms with Gasteiger partial charge in [0.05, 0.1) is 18.2 Å². The Hall–Kier alpha value is -2.07. The number of sulfonamides is 1. The van der Waals surface area contributed by atoms with Gasteiger partial charge in [-0.2, -0.15) is 4.31 Å². The van der Waals surface area contributed by atoms with Gasteiger partial charge in [0.1, 0.15) is 11.6 Å². The van der Waals surface area contributed by atoms with E-state index in [1.54, 1.807) is 17.0 Å². The molecule has 3 atom stereocenters. The first-order chi connectivity index (χ1) is 17.3. The number of amides is 1. The standard InChI is InChI=1S/C27H34ClF2N3O3S/c1-27(2,3)32-16-22(21-10-9-20(29)15-24(21)30)23(17-32)26(34)31-12-11-25(18-5-7-19(28)8-6-18)33(14-13-31)37(4,35)36/h5-10,15,22-23,25H,11-14,16-17H2,1-4H3/t22-,23+,25?/m0/s1. The molecule has 2 heterocycles. The first-order valence-corrected chi connectivity index (χ1v) is 14.7. The predicted octanol–water partition coefficient (Wildman–Crippen LogP) is 4.67. The minimum Gasteiger partial charge on any atom is -0.341 e. The van der Waals surface area contributed by atoms with Crippen LogP contribution >= 0.6 is 11.6 Å². The van der Waals surface area contributed by atoms with Crippen molar-refractivity contribution in [2.75, 3.05) is 39.0 Å². The van der Waals surface area contributed by atoms with Crippen LogP contribution in [-0.4, -0.2) is 72.9 Å². The molecule has 2 aromatic rings. The van der Waals surface area contributed by atoms with Gasteiger partial charge in [-0.25, -0.2) is 17.2 Å². The summed E-state index contributed by atoms with van der Waals surface area (Å²) in [4.78, 5) is 17.8. The summed E-state index contributed by atoms with van der Waals surface area (Å²) >= 11 is 6.04. The molecular formula is C27H34ClF2N3O3S. The van der Waals surface area contributed by atoms with Crippen molar-refractivity contribution in [3.05, 3.63) is 70.2 Å². The van der Waals surface area contributed by atoms with Crippen molar-refractivity contribution >= 4 is 27.5 Å². The Kier molecular flexibility index (Phi) is 8.00. The molecule has 0 spiro atoms. The van der Waals surface area contributed by atoms with E-state index in [-0.39, 0.29) is 24.5 Å². The Morgan fingerprint density at radius 1 is 1.00 bits per heavy atom. The maximum absolute atomic E-state index is 14.9. The summed E-state index contributed by atoms with van der Waals surface area (Å²) in [6.07, 6.45) is 1.60. The van der Waals surface area contributed by atoms with E-state index in [1.165, 1.54) is 22.7 Å². The topological polar surface area (TPSA) is 60.9 Å². The summed E-state index contributed by atoms with van der Waals surface area (Å²) < 4.78 is 55.3. The van der Waals surface area contributed by atoms with Crippen molar-refractivity contribution in [3.8, 4) is 0 Å². The van der Waals surface area contributed by atoms with Gasteiger partial charge in [-0.3, -0.25) is 9.69 Å². The molecule has 0 aliphatic carbocycles. The Labute approximate surface area is 223 Å². The first kappa shape index (κ1) is 28.0. The minimum absolute atomic E-state index is 0.134. The number of hydrogen-bond donors (Lipinski definition) is 0. The molecule has 1 unspecified atom stereocenters. The van der Waals surface area contributed by atoms with Crippen LogP contribution in [0.15, 0.2) is 42.5 Å². The summed E-state index contributed by atoms with van der Waals surface area (Å²) in [7, 11) is -3.55. The Morgan fingerprint density at radius 2 is 1.68 bits per heavy atom. The van der Waals surface area contributed by atoms with Crippen molar-refractivity contribution in [2.45, 2.75) is 44.7 Å². The normalized spacial score (nSPS) is 24.3. The lowest BCUT2D eigenvalue weighted by Crippen LogP contribution is -2.43. The number of carbonyl (C=O) groups excluding carboxylic acids is 1. The van der Waals surface area contributed by atoms with Crippen LogP contribution in [0.2, 0.25) is 5.02 Å². The van der Waals surface area contributed by atoms with E-state index in [9.17, 15) is 22.0 Å². The zero-order valence-electron chi connectivity index (χ0n) is 21.6. The van der Waals surface area contributed by atoms with E-state index in [0.29, 0.717) is 36.6 Å². The highest BCUT2D eigenvalue weighted by Crippen LogP contribution is 2.39. The number of benzene rings is 2. The highest BCUT2D eigenvalue weighted by atomic mass is 35.5. The van der Waals surface area contributed by atoms with Crippen molar-refractivity contribution < 1.29 is 22.0 Å². The summed E-state index contributed by atoms with van der Waals surface area (Å²) in [5.41, 5.74) is 0.906. The molecule has 1 amide bonds. The summed E-state index contributed by atoms with van der Waals surface area (Å²) in [5, 5.41) is 0.559. The Bertz CT molecular complexity index is 1250. The van der Waals surface area contributed by atoms with Gasteiger partial charge in [-0.1, -0.05) is 29.8 Å². The third-order valence-corrected chi connectivity index (χ3v) is 9.09. The predicted molar refractivity (Wildman–Crippen MR) is 141 cm³/mol. The fourth-order valence-electron chi connectivity index (χ4n) is 5.50. The molecule has 0 aromatic heterocycles. The Morgan fingerprint density at radius 3 is 2.27 bits per heavy atom. The van der Waals surface area contributed by atoms with Crippen molar-refractivity contribution in [1.82, 2.24) is 14.1 Å². The molecule has 0 saturated carbocycles. The zero-order chi connectivity index (χ0) is 27.1. The van der Waals surface area contributed by atoms with Gasteiger partial charge in [0, 0.05) is 55.3 Å². The van der Waals surface area contributed by atoms with Crippen LogP contribution in [-0.2, 0) is 14.8 Å². The number of rotatable bonds is 4. The van der Waals surface area contributed by atoms with Gasteiger partial charge in [0.15, 0.2) is 0 Å². The molecule has 2 aliphatic rings. The van der Waals surface area contributed by atoms with Gasteiger partial charge in [0.25, 0.3) is 0 Å². The van der Waals surface area contributed by atoms with E-state index >= 15 is 0 Å². The maximum Gasteiger partial charge on any atom is 0.227 e. The molecular weight excluding hydrogens is 520 g/mol. The van der Waals surface area contributed by atoms with Crippen LogP contribution in [0.4, 0.5) is 8.78 Å². The van der Waals surface area contributed by atoms with Gasteiger partial charge in [-0.15, -0.1) is 0 Å². The molecule has 2 aromatic carbocycles. The maximum atomic E-state index is 14.9. The fraction of sp³-hybridized carbons (Fsp3) is 0.519. The average Bonchev–Trinajstić information content (AvgIpc) is 3.12. The summed E-state index contributed by atoms with van der Waals surface area (Å²) in [6, 6.07) is 10.2. The molecule has 2 saturated heterocycles. The molecule has 0 bridgehead atoms. The summed E-state index contributed by atoms with van der Waals surface area (Å²) in [6.45, 7) is 7.81. The van der Waals surface area contributed by atoms with Crippen molar-refractivity contribution in [1.29, 1.82) is 0 Å². The highest BCUT2D eigenvalue weighted by Gasteiger charge is 2.45. The lowest BCUT2D eigenvalue weighted by atomic mass is 9.87. The lowest BCUT2D eigenvalue weighted by Gasteiger charge is -2.32. The molecule has 6 nitrogen and oxygen atoms in total. The van der Waals surface area contributed by atoms with E-state index in [0.717, 1.165) is 11.6 Å². The first-order valence-electron chi connectivity index (χ1n) is 12.5. The zero-order valence-corrected chi connectivity index (χ0v) is 23.2. The number of likely N-dealkylation sites (tertiary alicyclic amines) is 1. The second-order valence-corrected chi connectivity index (χ2v) is 13.4. The molecule has 2 aliphatic heterocycles. The lowest BCUT2D eigenvalue weighted by molar-refractivity contribution is -0.135. The molecule has 0 N–H and O–H groups in total. The third kappa shape index (κ3) is 6.16. The third-order valence-electron chi connectivity index (χ3n) is 7.55. The average molecular weight is 554 g/mol. The van der Waals surface area contributed by atoms with Crippen LogP contribution in [0.25, 0.3) is 0 Å². The molecule has 37 heavy (non-hydrogen) atoms. The van der Waals surface area contributed by atoms with Gasteiger partial charge < -0.3 is 4.90 Å². The molecule has 10 heteroatoms. The number of hydrogen-bond acceptors (Lipinski definition) is 4. The second kappa shape index (κ2) is 10.6.